The topological polar surface area (TPSA) is 99.0 Å². The van der Waals surface area contributed by atoms with Crippen molar-refractivity contribution in [1.29, 1.82) is 0 Å². The van der Waals surface area contributed by atoms with Crippen LogP contribution < -0.4 is 5.32 Å². The molecule has 0 saturated heterocycles. The molecule has 3 heterocycles. The maximum Gasteiger partial charge on any atom is 0.341 e. The minimum atomic E-state index is -0.403. The number of anilines is 1. The van der Waals surface area contributed by atoms with E-state index in [0.717, 1.165) is 41.7 Å². The van der Waals surface area contributed by atoms with E-state index >= 15 is 0 Å². The van der Waals surface area contributed by atoms with Gasteiger partial charge in [-0.15, -0.1) is 28.1 Å². The molecule has 1 amide bonds. The van der Waals surface area contributed by atoms with Crippen molar-refractivity contribution >= 4 is 40.0 Å². The summed E-state index contributed by atoms with van der Waals surface area (Å²) in [5.41, 5.74) is 2.40. The van der Waals surface area contributed by atoms with Crippen LogP contribution >= 0.6 is 23.1 Å². The quantitative estimate of drug-likeness (QED) is 0.303. The van der Waals surface area contributed by atoms with Crippen LogP contribution in [0.2, 0.25) is 0 Å². The Morgan fingerprint density at radius 1 is 1.28 bits per heavy atom. The van der Waals surface area contributed by atoms with Crippen molar-refractivity contribution < 1.29 is 14.3 Å². The molecule has 8 nitrogen and oxygen atoms in total. The molecular formula is C22H23N5O3S2. The smallest absolute Gasteiger partial charge is 0.341 e. The van der Waals surface area contributed by atoms with Gasteiger partial charge in [0.2, 0.25) is 5.91 Å². The molecule has 1 aliphatic rings. The number of thioether (sulfide) groups is 1. The summed E-state index contributed by atoms with van der Waals surface area (Å²) in [6, 6.07) is 3.72. The van der Waals surface area contributed by atoms with Crippen LogP contribution in [-0.2, 0) is 28.9 Å². The summed E-state index contributed by atoms with van der Waals surface area (Å²) >= 11 is 2.76. The molecule has 0 fully saturated rings. The van der Waals surface area contributed by atoms with Gasteiger partial charge in [-0.2, -0.15) is 0 Å². The predicted molar refractivity (Wildman–Crippen MR) is 125 cm³/mol. The van der Waals surface area contributed by atoms with Gasteiger partial charge in [0, 0.05) is 29.4 Å². The summed E-state index contributed by atoms with van der Waals surface area (Å²) < 4.78 is 6.88. The molecule has 0 spiro atoms. The zero-order valence-corrected chi connectivity index (χ0v) is 19.3. The Hall–Kier alpha value is -2.98. The molecule has 0 aromatic carbocycles. The highest BCUT2D eigenvalue weighted by Crippen LogP contribution is 2.38. The first-order chi connectivity index (χ1) is 15.6. The average molecular weight is 470 g/mol. The summed E-state index contributed by atoms with van der Waals surface area (Å²) in [7, 11) is 1.36. The van der Waals surface area contributed by atoms with Gasteiger partial charge < -0.3 is 10.1 Å². The maximum atomic E-state index is 12.7. The van der Waals surface area contributed by atoms with Crippen molar-refractivity contribution in [2.24, 2.45) is 0 Å². The maximum absolute atomic E-state index is 12.7. The van der Waals surface area contributed by atoms with Crippen molar-refractivity contribution in [3.8, 4) is 11.4 Å². The number of carbonyl (C=O) groups excluding carboxylic acids is 2. The summed E-state index contributed by atoms with van der Waals surface area (Å²) in [6.45, 7) is 4.32. The van der Waals surface area contributed by atoms with Gasteiger partial charge in [-0.25, -0.2) is 4.79 Å². The molecule has 3 aromatic rings. The van der Waals surface area contributed by atoms with Crippen LogP contribution in [0.1, 0.15) is 33.6 Å². The lowest BCUT2D eigenvalue weighted by Gasteiger charge is -2.11. The second kappa shape index (κ2) is 10.1. The van der Waals surface area contributed by atoms with Gasteiger partial charge in [0.05, 0.1) is 18.4 Å². The molecule has 0 radical (unpaired) electrons. The van der Waals surface area contributed by atoms with E-state index in [1.807, 2.05) is 16.7 Å². The number of amides is 1. The molecule has 1 N–H and O–H groups in total. The number of methoxy groups -OCH3 is 1. The number of fused-ring (bicyclic) bond motifs is 1. The summed E-state index contributed by atoms with van der Waals surface area (Å²) in [4.78, 5) is 30.3. The van der Waals surface area contributed by atoms with Crippen molar-refractivity contribution in [2.45, 2.75) is 37.4 Å². The molecule has 166 valence electrons. The number of nitrogens with zero attached hydrogens (tertiary/aromatic N) is 4. The minimum Gasteiger partial charge on any atom is -0.465 e. The Bertz CT molecular complexity index is 1140. The standard InChI is InChI=1S/C22H23N5O3S2/c1-3-12-27-19(14-8-10-23-11-9-14)25-26-22(27)31-13-17(28)24-20-18(21(29)30-2)15-6-4-5-7-16(15)32-20/h3,8-11H,1,4-7,12-13H2,2H3,(H,24,28). The number of nitrogens with one attached hydrogen (secondary N) is 1. The second-order valence-electron chi connectivity index (χ2n) is 7.18. The zero-order valence-electron chi connectivity index (χ0n) is 17.7. The van der Waals surface area contributed by atoms with Gasteiger partial charge in [-0.1, -0.05) is 17.8 Å². The number of ether oxygens (including phenoxy) is 1. The van der Waals surface area contributed by atoms with E-state index < -0.39 is 5.97 Å². The van der Waals surface area contributed by atoms with Crippen LogP contribution in [-0.4, -0.2) is 44.5 Å². The number of hydrogen-bond acceptors (Lipinski definition) is 8. The van der Waals surface area contributed by atoms with Crippen LogP contribution in [0.3, 0.4) is 0 Å². The van der Waals surface area contributed by atoms with Crippen LogP contribution in [0, 0.1) is 0 Å². The fourth-order valence-electron chi connectivity index (χ4n) is 3.67. The Morgan fingerprint density at radius 2 is 2.06 bits per heavy atom. The lowest BCUT2D eigenvalue weighted by atomic mass is 9.95. The van der Waals surface area contributed by atoms with E-state index in [4.69, 9.17) is 4.74 Å². The van der Waals surface area contributed by atoms with Crippen molar-refractivity contribution in [1.82, 2.24) is 19.7 Å². The van der Waals surface area contributed by atoms with E-state index in [1.54, 1.807) is 18.5 Å². The monoisotopic (exact) mass is 469 g/mol. The molecule has 0 aliphatic heterocycles. The van der Waals surface area contributed by atoms with Crippen molar-refractivity contribution in [2.75, 3.05) is 18.2 Å². The van der Waals surface area contributed by atoms with Gasteiger partial charge in [0.25, 0.3) is 0 Å². The Morgan fingerprint density at radius 3 is 2.81 bits per heavy atom. The molecule has 4 rings (SSSR count). The molecule has 32 heavy (non-hydrogen) atoms. The fourth-order valence-corrected chi connectivity index (χ4v) is 5.71. The number of hydrogen-bond donors (Lipinski definition) is 1. The van der Waals surface area contributed by atoms with E-state index in [2.05, 4.69) is 27.1 Å². The van der Waals surface area contributed by atoms with Gasteiger partial charge in [-0.3, -0.25) is 14.3 Å². The summed E-state index contributed by atoms with van der Waals surface area (Å²) in [5.74, 6) is 0.209. The number of pyridine rings is 1. The first-order valence-electron chi connectivity index (χ1n) is 10.2. The van der Waals surface area contributed by atoms with Crippen LogP contribution in [0.15, 0.2) is 42.3 Å². The largest absolute Gasteiger partial charge is 0.465 e. The highest BCUT2D eigenvalue weighted by molar-refractivity contribution is 7.99. The Kier molecular flexibility index (Phi) is 7.01. The molecule has 3 aromatic heterocycles. The highest BCUT2D eigenvalue weighted by Gasteiger charge is 2.27. The molecule has 0 bridgehead atoms. The number of thiophene rings is 1. The van der Waals surface area contributed by atoms with Crippen LogP contribution in [0.5, 0.6) is 0 Å². The number of esters is 1. The van der Waals surface area contributed by atoms with E-state index in [0.29, 0.717) is 28.1 Å². The number of rotatable bonds is 8. The van der Waals surface area contributed by atoms with Gasteiger partial charge in [0.15, 0.2) is 11.0 Å². The Balaban J connectivity index is 1.49. The van der Waals surface area contributed by atoms with Crippen LogP contribution in [0.4, 0.5) is 5.00 Å². The van der Waals surface area contributed by atoms with Gasteiger partial charge in [0.1, 0.15) is 5.00 Å². The average Bonchev–Trinajstić information content (AvgIpc) is 3.39. The lowest BCUT2D eigenvalue weighted by Crippen LogP contribution is -2.17. The third-order valence-corrected chi connectivity index (χ3v) is 7.29. The number of aryl methyl sites for hydroxylation is 1. The van der Waals surface area contributed by atoms with Crippen LogP contribution in [0.25, 0.3) is 11.4 Å². The van der Waals surface area contributed by atoms with Gasteiger partial charge >= 0.3 is 5.97 Å². The number of allylic oxidation sites excluding steroid dienone is 1. The second-order valence-corrected chi connectivity index (χ2v) is 9.23. The Labute approximate surface area is 194 Å². The third-order valence-electron chi connectivity index (χ3n) is 5.11. The molecule has 10 heteroatoms. The predicted octanol–water partition coefficient (Wildman–Crippen LogP) is 3.98. The van der Waals surface area contributed by atoms with Crippen molar-refractivity contribution in [3.05, 3.63) is 53.2 Å². The first kappa shape index (κ1) is 22.2. The number of carbonyl (C=O) groups is 2. The number of aromatic nitrogens is 4. The minimum absolute atomic E-state index is 0.134. The summed E-state index contributed by atoms with van der Waals surface area (Å²) in [5, 5.41) is 12.6. The third kappa shape index (κ3) is 4.61. The lowest BCUT2D eigenvalue weighted by molar-refractivity contribution is -0.113. The SMILES string of the molecule is C=CCn1c(SCC(=O)Nc2sc3c(c2C(=O)OC)CCCC3)nnc1-c1ccncc1. The molecule has 1 aliphatic carbocycles. The first-order valence-corrected chi connectivity index (χ1v) is 12.0. The zero-order chi connectivity index (χ0) is 22.5. The highest BCUT2D eigenvalue weighted by atomic mass is 32.2. The van der Waals surface area contributed by atoms with Crippen molar-refractivity contribution in [3.63, 3.8) is 0 Å². The normalized spacial score (nSPS) is 12.8. The fraction of sp³-hybridized carbons (Fsp3) is 0.318. The summed E-state index contributed by atoms with van der Waals surface area (Å²) in [6.07, 6.45) is 9.05. The molecular weight excluding hydrogens is 446 g/mol. The molecule has 0 unspecified atom stereocenters. The van der Waals surface area contributed by atoms with E-state index in [1.165, 1.54) is 30.2 Å². The van der Waals surface area contributed by atoms with Gasteiger partial charge in [-0.05, 0) is 43.4 Å². The molecule has 0 atom stereocenters. The molecule has 0 saturated carbocycles. The van der Waals surface area contributed by atoms with E-state index in [9.17, 15) is 9.59 Å². The van der Waals surface area contributed by atoms with E-state index in [-0.39, 0.29) is 11.7 Å².